The Labute approximate surface area is 144 Å². The molecular weight excluding hydrogens is 312 g/mol. The molecule has 0 aliphatic heterocycles. The Morgan fingerprint density at radius 1 is 1.12 bits per heavy atom. The Morgan fingerprint density at radius 2 is 2.04 bits per heavy atom. The molecule has 0 aromatic carbocycles. The number of hydrogen-bond acceptors (Lipinski definition) is 4. The van der Waals surface area contributed by atoms with Crippen LogP contribution in [0.15, 0.2) is 37.1 Å². The molecular formula is C19H18N6. The second kappa shape index (κ2) is 5.51. The molecule has 0 atom stereocenters. The molecule has 1 aliphatic carbocycles. The van der Waals surface area contributed by atoms with Gasteiger partial charge in [0.25, 0.3) is 0 Å². The second-order valence-electron chi connectivity index (χ2n) is 6.78. The van der Waals surface area contributed by atoms with Gasteiger partial charge in [0.1, 0.15) is 17.7 Å². The van der Waals surface area contributed by atoms with E-state index in [9.17, 15) is 0 Å². The highest BCUT2D eigenvalue weighted by Gasteiger charge is 2.26. The fourth-order valence-corrected chi connectivity index (χ4v) is 3.29. The molecule has 2 N–H and O–H groups in total. The van der Waals surface area contributed by atoms with Crippen molar-refractivity contribution in [3.63, 3.8) is 0 Å². The van der Waals surface area contributed by atoms with E-state index < -0.39 is 0 Å². The molecule has 0 amide bonds. The summed E-state index contributed by atoms with van der Waals surface area (Å²) in [5, 5.41) is 8.79. The van der Waals surface area contributed by atoms with Crippen LogP contribution in [0.3, 0.4) is 0 Å². The zero-order valence-corrected chi connectivity index (χ0v) is 14.0. The maximum absolute atomic E-state index is 4.50. The number of nitrogens with one attached hydrogen (secondary N) is 2. The van der Waals surface area contributed by atoms with Crippen LogP contribution >= 0.6 is 0 Å². The largest absolute Gasteiger partial charge is 0.346 e. The number of hydrogen-bond donors (Lipinski definition) is 2. The number of aromatic amines is 2. The van der Waals surface area contributed by atoms with Crippen molar-refractivity contribution in [1.82, 2.24) is 30.1 Å². The van der Waals surface area contributed by atoms with Crippen molar-refractivity contribution in [2.24, 2.45) is 0 Å². The van der Waals surface area contributed by atoms with E-state index in [1.54, 1.807) is 6.33 Å². The van der Waals surface area contributed by atoms with E-state index in [0.717, 1.165) is 40.0 Å². The van der Waals surface area contributed by atoms with Crippen molar-refractivity contribution in [3.8, 4) is 11.4 Å². The maximum Gasteiger partial charge on any atom is 0.137 e. The van der Waals surface area contributed by atoms with Crippen LogP contribution in [0.2, 0.25) is 0 Å². The van der Waals surface area contributed by atoms with E-state index in [4.69, 9.17) is 0 Å². The van der Waals surface area contributed by atoms with Crippen LogP contribution in [0.1, 0.15) is 41.1 Å². The average Bonchev–Trinajstić information content (AvgIpc) is 3.24. The topological polar surface area (TPSA) is 83.1 Å². The van der Waals surface area contributed by atoms with Gasteiger partial charge in [0, 0.05) is 47.6 Å². The molecule has 6 heteroatoms. The van der Waals surface area contributed by atoms with Gasteiger partial charge in [0.05, 0.1) is 5.69 Å². The van der Waals surface area contributed by atoms with Crippen LogP contribution in [-0.2, 0) is 6.42 Å². The third-order valence-electron chi connectivity index (χ3n) is 4.78. The van der Waals surface area contributed by atoms with Gasteiger partial charge in [0.2, 0.25) is 0 Å². The fraction of sp³-hybridized carbons (Fsp3) is 0.263. The number of nitrogens with zero attached hydrogens (tertiary/aromatic N) is 4. The summed E-state index contributed by atoms with van der Waals surface area (Å²) in [6.45, 7) is 2.06. The Hall–Kier alpha value is -3.02. The van der Waals surface area contributed by atoms with Crippen molar-refractivity contribution >= 4 is 11.0 Å². The summed E-state index contributed by atoms with van der Waals surface area (Å²) in [6.07, 6.45) is 10.6. The molecule has 1 saturated carbocycles. The highest BCUT2D eigenvalue weighted by Crippen LogP contribution is 2.40. The summed E-state index contributed by atoms with van der Waals surface area (Å²) in [5.74, 6) is 0.647. The predicted molar refractivity (Wildman–Crippen MR) is 95.2 cm³/mol. The summed E-state index contributed by atoms with van der Waals surface area (Å²) >= 11 is 0. The molecule has 1 aliphatic rings. The molecule has 0 unspecified atom stereocenters. The minimum absolute atomic E-state index is 0.647. The number of rotatable bonds is 4. The van der Waals surface area contributed by atoms with Gasteiger partial charge in [-0.3, -0.25) is 5.10 Å². The molecule has 0 saturated heterocycles. The third kappa shape index (κ3) is 2.59. The van der Waals surface area contributed by atoms with Gasteiger partial charge in [-0.2, -0.15) is 5.10 Å². The zero-order chi connectivity index (χ0) is 16.8. The Bertz CT molecular complexity index is 1060. The first-order chi connectivity index (χ1) is 12.3. The summed E-state index contributed by atoms with van der Waals surface area (Å²) < 4.78 is 0. The molecule has 0 bridgehead atoms. The lowest BCUT2D eigenvalue weighted by atomic mass is 10.0. The maximum atomic E-state index is 4.50. The lowest BCUT2D eigenvalue weighted by molar-refractivity contribution is 0.963. The summed E-state index contributed by atoms with van der Waals surface area (Å²) in [4.78, 5) is 16.4. The summed E-state index contributed by atoms with van der Waals surface area (Å²) in [6, 6.07) is 4.29. The van der Waals surface area contributed by atoms with E-state index in [2.05, 4.69) is 49.2 Å². The van der Waals surface area contributed by atoms with E-state index >= 15 is 0 Å². The highest BCUT2D eigenvalue weighted by atomic mass is 15.1. The van der Waals surface area contributed by atoms with Gasteiger partial charge in [-0.05, 0) is 43.0 Å². The monoisotopic (exact) mass is 330 g/mol. The summed E-state index contributed by atoms with van der Waals surface area (Å²) in [7, 11) is 0. The van der Waals surface area contributed by atoms with E-state index in [1.807, 2.05) is 18.6 Å². The van der Waals surface area contributed by atoms with E-state index in [1.165, 1.54) is 24.1 Å². The molecule has 0 radical (unpaired) electrons. The molecule has 6 nitrogen and oxygen atoms in total. The van der Waals surface area contributed by atoms with Gasteiger partial charge in [0.15, 0.2) is 0 Å². The zero-order valence-electron chi connectivity index (χ0n) is 14.0. The van der Waals surface area contributed by atoms with Gasteiger partial charge in [-0.1, -0.05) is 0 Å². The minimum Gasteiger partial charge on any atom is -0.346 e. The van der Waals surface area contributed by atoms with Gasteiger partial charge < -0.3 is 4.98 Å². The van der Waals surface area contributed by atoms with Crippen molar-refractivity contribution in [3.05, 3.63) is 59.4 Å². The molecule has 25 heavy (non-hydrogen) atoms. The Balaban J connectivity index is 1.54. The molecule has 4 aromatic rings. The highest BCUT2D eigenvalue weighted by molar-refractivity contribution is 5.81. The van der Waals surface area contributed by atoms with Crippen molar-refractivity contribution in [1.29, 1.82) is 0 Å². The summed E-state index contributed by atoms with van der Waals surface area (Å²) in [5.41, 5.74) is 7.33. The van der Waals surface area contributed by atoms with Gasteiger partial charge >= 0.3 is 0 Å². The van der Waals surface area contributed by atoms with E-state index in [-0.39, 0.29) is 0 Å². The first-order valence-corrected chi connectivity index (χ1v) is 8.55. The first-order valence-electron chi connectivity index (χ1n) is 8.55. The van der Waals surface area contributed by atoms with Crippen molar-refractivity contribution in [2.75, 3.05) is 0 Å². The second-order valence-corrected chi connectivity index (χ2v) is 6.78. The standard InChI is InChI=1S/C19H18N6/c1-11-4-15-13(9-22-19(15)21-7-11)5-14-8-20-10-23-18(14)17-6-16(24-25-17)12-2-3-12/h4,6-10,12H,2-3,5H2,1H3,(H,21,22)(H,24,25). The van der Waals surface area contributed by atoms with E-state index in [0.29, 0.717) is 5.92 Å². The first kappa shape index (κ1) is 14.3. The smallest absolute Gasteiger partial charge is 0.137 e. The van der Waals surface area contributed by atoms with Crippen LogP contribution < -0.4 is 0 Å². The van der Waals surface area contributed by atoms with Gasteiger partial charge in [-0.25, -0.2) is 15.0 Å². The lowest BCUT2D eigenvalue weighted by Crippen LogP contribution is -1.96. The van der Waals surface area contributed by atoms with Crippen LogP contribution in [0.25, 0.3) is 22.4 Å². The molecule has 5 rings (SSSR count). The van der Waals surface area contributed by atoms with Crippen LogP contribution in [0.5, 0.6) is 0 Å². The number of aromatic nitrogens is 6. The number of aryl methyl sites for hydroxylation is 1. The molecule has 124 valence electrons. The third-order valence-corrected chi connectivity index (χ3v) is 4.78. The Morgan fingerprint density at radius 3 is 2.92 bits per heavy atom. The minimum atomic E-state index is 0.647. The van der Waals surface area contributed by atoms with Crippen LogP contribution in [0.4, 0.5) is 0 Å². The molecule has 1 fully saturated rings. The Kier molecular flexibility index (Phi) is 3.16. The molecule has 4 aromatic heterocycles. The quantitative estimate of drug-likeness (QED) is 0.600. The molecule has 4 heterocycles. The van der Waals surface area contributed by atoms with Crippen molar-refractivity contribution in [2.45, 2.75) is 32.1 Å². The van der Waals surface area contributed by atoms with Crippen LogP contribution in [0, 0.1) is 6.92 Å². The van der Waals surface area contributed by atoms with Gasteiger partial charge in [-0.15, -0.1) is 0 Å². The molecule has 0 spiro atoms. The predicted octanol–water partition coefficient (Wildman–Crippen LogP) is 3.52. The lowest BCUT2D eigenvalue weighted by Gasteiger charge is -2.05. The fourth-order valence-electron chi connectivity index (χ4n) is 3.29. The number of pyridine rings is 1. The number of H-pyrrole nitrogens is 2. The van der Waals surface area contributed by atoms with Crippen molar-refractivity contribution < 1.29 is 0 Å². The SMILES string of the molecule is Cc1cnc2[nH]cc(Cc3cncnc3-c3cc(C4CC4)[nH]n3)c2c1. The average molecular weight is 330 g/mol. The number of fused-ring (bicyclic) bond motifs is 1. The normalized spacial score (nSPS) is 14.3. The van der Waals surface area contributed by atoms with Crippen LogP contribution in [-0.4, -0.2) is 30.1 Å².